The van der Waals surface area contributed by atoms with Gasteiger partial charge in [-0.2, -0.15) is 0 Å². The number of hydrogen-bond acceptors (Lipinski definition) is 6. The fraction of sp³-hybridized carbons (Fsp3) is 0.222. The van der Waals surface area contributed by atoms with Crippen LogP contribution in [0.1, 0.15) is 17.3 Å². The zero-order valence-electron chi connectivity index (χ0n) is 13.2. The zero-order chi connectivity index (χ0) is 17.2. The highest BCUT2D eigenvalue weighted by Gasteiger charge is 2.15. The SMILES string of the molecule is CC(COC(=O)c1ccccc1OC=O)OCOc1ccccc1. The molecule has 0 amide bonds. The van der Waals surface area contributed by atoms with E-state index in [9.17, 15) is 9.59 Å². The monoisotopic (exact) mass is 330 g/mol. The van der Waals surface area contributed by atoms with E-state index in [0.29, 0.717) is 5.75 Å². The minimum atomic E-state index is -0.591. The van der Waals surface area contributed by atoms with Gasteiger partial charge in [0.1, 0.15) is 23.7 Å². The van der Waals surface area contributed by atoms with E-state index in [1.54, 1.807) is 19.1 Å². The van der Waals surface area contributed by atoms with Crippen molar-refractivity contribution in [3.8, 4) is 11.5 Å². The van der Waals surface area contributed by atoms with E-state index in [1.165, 1.54) is 12.1 Å². The summed E-state index contributed by atoms with van der Waals surface area (Å²) in [5, 5.41) is 0. The van der Waals surface area contributed by atoms with Crippen LogP contribution in [0.3, 0.4) is 0 Å². The summed E-state index contributed by atoms with van der Waals surface area (Å²) < 4.78 is 20.7. The van der Waals surface area contributed by atoms with Crippen molar-refractivity contribution in [1.29, 1.82) is 0 Å². The molecule has 0 bridgehead atoms. The second-order valence-corrected chi connectivity index (χ2v) is 4.86. The molecule has 0 saturated heterocycles. The summed E-state index contributed by atoms with van der Waals surface area (Å²) in [7, 11) is 0. The third-order valence-electron chi connectivity index (χ3n) is 3.05. The Morgan fingerprint density at radius 1 is 1.08 bits per heavy atom. The van der Waals surface area contributed by atoms with Crippen molar-refractivity contribution in [3.63, 3.8) is 0 Å². The van der Waals surface area contributed by atoms with Gasteiger partial charge in [-0.25, -0.2) is 4.79 Å². The van der Waals surface area contributed by atoms with Crippen molar-refractivity contribution < 1.29 is 28.5 Å². The first-order valence-corrected chi connectivity index (χ1v) is 7.36. The Hall–Kier alpha value is -2.86. The van der Waals surface area contributed by atoms with Gasteiger partial charge in [0.15, 0.2) is 6.79 Å². The first kappa shape index (κ1) is 17.5. The maximum Gasteiger partial charge on any atom is 0.342 e. The lowest BCUT2D eigenvalue weighted by molar-refractivity contribution is -0.120. The number of carbonyl (C=O) groups is 2. The highest BCUT2D eigenvalue weighted by molar-refractivity contribution is 5.92. The summed E-state index contributed by atoms with van der Waals surface area (Å²) in [6.45, 7) is 2.12. The van der Waals surface area contributed by atoms with Gasteiger partial charge < -0.3 is 18.9 Å². The van der Waals surface area contributed by atoms with Crippen LogP contribution in [0.15, 0.2) is 54.6 Å². The third-order valence-corrected chi connectivity index (χ3v) is 3.05. The Kier molecular flexibility index (Phi) is 6.79. The summed E-state index contributed by atoms with van der Waals surface area (Å²) in [5.41, 5.74) is 0.178. The number of hydrogen-bond donors (Lipinski definition) is 0. The van der Waals surface area contributed by atoms with Gasteiger partial charge in [0.05, 0.1) is 6.10 Å². The average Bonchev–Trinajstić information content (AvgIpc) is 2.61. The molecule has 2 rings (SSSR count). The van der Waals surface area contributed by atoms with Gasteiger partial charge in [0, 0.05) is 0 Å². The van der Waals surface area contributed by atoms with E-state index in [-0.39, 0.29) is 37.3 Å². The second kappa shape index (κ2) is 9.32. The quantitative estimate of drug-likeness (QED) is 0.400. The molecular formula is C18H18O6. The predicted molar refractivity (Wildman–Crippen MR) is 85.9 cm³/mol. The zero-order valence-corrected chi connectivity index (χ0v) is 13.2. The van der Waals surface area contributed by atoms with Crippen molar-refractivity contribution in [1.82, 2.24) is 0 Å². The molecule has 0 fully saturated rings. The molecule has 0 aromatic heterocycles. The molecule has 0 N–H and O–H groups in total. The van der Waals surface area contributed by atoms with Gasteiger partial charge >= 0.3 is 5.97 Å². The number of carbonyl (C=O) groups excluding carboxylic acids is 2. The maximum atomic E-state index is 12.0. The minimum absolute atomic E-state index is 0.0480. The Balaban J connectivity index is 1.76. The molecule has 0 aliphatic heterocycles. The third kappa shape index (κ3) is 5.40. The molecule has 1 unspecified atom stereocenters. The molecule has 0 saturated carbocycles. The predicted octanol–water partition coefficient (Wildman–Crippen LogP) is 2.82. The largest absolute Gasteiger partial charge is 0.468 e. The van der Waals surface area contributed by atoms with E-state index >= 15 is 0 Å². The first-order chi connectivity index (χ1) is 11.7. The van der Waals surface area contributed by atoms with Crippen molar-refractivity contribution >= 4 is 12.4 Å². The Morgan fingerprint density at radius 3 is 2.54 bits per heavy atom. The van der Waals surface area contributed by atoms with Crippen LogP contribution in [0, 0.1) is 0 Å². The molecule has 24 heavy (non-hydrogen) atoms. The van der Waals surface area contributed by atoms with Crippen LogP contribution >= 0.6 is 0 Å². The van der Waals surface area contributed by atoms with Crippen molar-refractivity contribution in [2.45, 2.75) is 13.0 Å². The van der Waals surface area contributed by atoms with Gasteiger partial charge in [0.25, 0.3) is 6.47 Å². The Labute approximate surface area is 139 Å². The first-order valence-electron chi connectivity index (χ1n) is 7.36. The fourth-order valence-corrected chi connectivity index (χ4v) is 1.84. The highest BCUT2D eigenvalue weighted by Crippen LogP contribution is 2.18. The molecule has 0 spiro atoms. The Bertz CT molecular complexity index is 656. The molecule has 6 nitrogen and oxygen atoms in total. The lowest BCUT2D eigenvalue weighted by Crippen LogP contribution is -2.21. The molecule has 126 valence electrons. The van der Waals surface area contributed by atoms with Crippen LogP contribution in [0.2, 0.25) is 0 Å². The summed E-state index contributed by atoms with van der Waals surface area (Å²) in [6, 6.07) is 15.6. The van der Waals surface area contributed by atoms with E-state index in [4.69, 9.17) is 18.9 Å². The number of ether oxygens (including phenoxy) is 4. The van der Waals surface area contributed by atoms with Crippen LogP contribution in [-0.2, 0) is 14.3 Å². The van der Waals surface area contributed by atoms with Crippen molar-refractivity contribution in [3.05, 3.63) is 60.2 Å². The summed E-state index contributed by atoms with van der Waals surface area (Å²) in [6.07, 6.45) is -0.350. The average molecular weight is 330 g/mol. The molecule has 6 heteroatoms. The minimum Gasteiger partial charge on any atom is -0.468 e. The molecule has 2 aromatic carbocycles. The number of benzene rings is 2. The molecule has 1 atom stereocenters. The lowest BCUT2D eigenvalue weighted by atomic mass is 10.2. The molecule has 0 heterocycles. The maximum absolute atomic E-state index is 12.0. The molecule has 0 aliphatic rings. The molecular weight excluding hydrogens is 312 g/mol. The van der Waals surface area contributed by atoms with Crippen LogP contribution in [-0.4, -0.2) is 31.9 Å². The summed E-state index contributed by atoms with van der Waals surface area (Å²) in [4.78, 5) is 22.5. The fourth-order valence-electron chi connectivity index (χ4n) is 1.84. The van der Waals surface area contributed by atoms with Crippen LogP contribution in [0.25, 0.3) is 0 Å². The summed E-state index contributed by atoms with van der Waals surface area (Å²) >= 11 is 0. The smallest absolute Gasteiger partial charge is 0.342 e. The highest BCUT2D eigenvalue weighted by atomic mass is 16.7. The number of esters is 1. The van der Waals surface area contributed by atoms with E-state index in [2.05, 4.69) is 0 Å². The summed E-state index contributed by atoms with van der Waals surface area (Å²) in [5.74, 6) is 0.256. The molecule has 0 aliphatic carbocycles. The van der Waals surface area contributed by atoms with Crippen molar-refractivity contribution in [2.24, 2.45) is 0 Å². The van der Waals surface area contributed by atoms with Gasteiger partial charge in [-0.3, -0.25) is 4.79 Å². The normalized spacial score (nSPS) is 11.4. The van der Waals surface area contributed by atoms with E-state index in [0.717, 1.165) is 0 Å². The van der Waals surface area contributed by atoms with Gasteiger partial charge in [-0.1, -0.05) is 30.3 Å². The molecule has 2 aromatic rings. The van der Waals surface area contributed by atoms with Crippen LogP contribution in [0.4, 0.5) is 0 Å². The Morgan fingerprint density at radius 2 is 1.79 bits per heavy atom. The van der Waals surface area contributed by atoms with E-state index < -0.39 is 5.97 Å². The second-order valence-electron chi connectivity index (χ2n) is 4.86. The van der Waals surface area contributed by atoms with Crippen LogP contribution in [0.5, 0.6) is 11.5 Å². The van der Waals surface area contributed by atoms with Gasteiger partial charge in [-0.05, 0) is 31.2 Å². The standard InChI is InChI=1S/C18H18O6/c1-14(23-13-24-15-7-3-2-4-8-15)11-21-18(20)16-9-5-6-10-17(16)22-12-19/h2-10,12,14H,11,13H2,1H3. The van der Waals surface area contributed by atoms with E-state index in [1.807, 2.05) is 30.3 Å². The van der Waals surface area contributed by atoms with Crippen LogP contribution < -0.4 is 9.47 Å². The van der Waals surface area contributed by atoms with Crippen molar-refractivity contribution in [2.75, 3.05) is 13.4 Å². The lowest BCUT2D eigenvalue weighted by Gasteiger charge is -2.14. The number of rotatable bonds is 9. The topological polar surface area (TPSA) is 71.1 Å². The number of para-hydroxylation sites is 2. The van der Waals surface area contributed by atoms with Gasteiger partial charge in [0.2, 0.25) is 0 Å². The van der Waals surface area contributed by atoms with Gasteiger partial charge in [-0.15, -0.1) is 0 Å². The molecule has 0 radical (unpaired) electrons.